The summed E-state index contributed by atoms with van der Waals surface area (Å²) >= 11 is 0. The third-order valence-corrected chi connectivity index (χ3v) is 3.79. The second-order valence-electron chi connectivity index (χ2n) is 5.50. The molecule has 1 saturated heterocycles. The van der Waals surface area contributed by atoms with Crippen molar-refractivity contribution in [2.75, 3.05) is 26.2 Å². The van der Waals surface area contributed by atoms with E-state index in [0.29, 0.717) is 19.1 Å². The van der Waals surface area contributed by atoms with Crippen LogP contribution in [-0.4, -0.2) is 43.2 Å². The molecule has 112 valence electrons. The van der Waals surface area contributed by atoms with Crippen molar-refractivity contribution >= 4 is 5.97 Å². The number of hydrogen-bond acceptors (Lipinski definition) is 4. The average Bonchev–Trinajstić information content (AvgIpc) is 2.40. The van der Waals surface area contributed by atoms with Crippen molar-refractivity contribution in [3.8, 4) is 0 Å². The fourth-order valence-corrected chi connectivity index (χ4v) is 2.54. The molecule has 1 fully saturated rings. The Morgan fingerprint density at radius 3 is 2.47 bits per heavy atom. The van der Waals surface area contributed by atoms with E-state index in [1.165, 1.54) is 38.9 Å². The largest absolute Gasteiger partial charge is 0.466 e. The molecule has 19 heavy (non-hydrogen) atoms. The molecule has 0 amide bonds. The number of unbranched alkanes of at least 4 members (excludes halogenated alkanes) is 4. The van der Waals surface area contributed by atoms with Gasteiger partial charge in [0, 0.05) is 12.5 Å². The molecular formula is C15H30N2O2. The Bertz CT molecular complexity index is 238. The highest BCUT2D eigenvalue weighted by Gasteiger charge is 2.14. The quantitative estimate of drug-likeness (QED) is 0.516. The number of piperidine rings is 1. The summed E-state index contributed by atoms with van der Waals surface area (Å²) in [6.45, 7) is 5.91. The summed E-state index contributed by atoms with van der Waals surface area (Å²) in [6, 6.07) is 0.430. The number of carbonyl (C=O) groups is 1. The lowest BCUT2D eigenvalue weighted by molar-refractivity contribution is -0.143. The second kappa shape index (κ2) is 10.2. The minimum atomic E-state index is -0.0489. The third kappa shape index (κ3) is 8.22. The summed E-state index contributed by atoms with van der Waals surface area (Å²) in [7, 11) is 0. The van der Waals surface area contributed by atoms with Crippen LogP contribution in [0.25, 0.3) is 0 Å². The van der Waals surface area contributed by atoms with E-state index in [-0.39, 0.29) is 5.97 Å². The van der Waals surface area contributed by atoms with Gasteiger partial charge in [-0.15, -0.1) is 0 Å². The molecule has 0 spiro atoms. The summed E-state index contributed by atoms with van der Waals surface area (Å²) in [5.41, 5.74) is 5.89. The SMILES string of the molecule is CCOC(=O)CCCCCCCN1CCC(N)CC1. The van der Waals surface area contributed by atoms with Gasteiger partial charge in [0.05, 0.1) is 6.61 Å². The minimum absolute atomic E-state index is 0.0489. The molecule has 0 bridgehead atoms. The zero-order valence-corrected chi connectivity index (χ0v) is 12.4. The number of nitrogens with zero attached hydrogens (tertiary/aromatic N) is 1. The van der Waals surface area contributed by atoms with Crippen LogP contribution in [0.5, 0.6) is 0 Å². The lowest BCUT2D eigenvalue weighted by Crippen LogP contribution is -2.39. The van der Waals surface area contributed by atoms with Gasteiger partial charge in [0.25, 0.3) is 0 Å². The van der Waals surface area contributed by atoms with Crippen LogP contribution in [0.15, 0.2) is 0 Å². The minimum Gasteiger partial charge on any atom is -0.466 e. The lowest BCUT2D eigenvalue weighted by Gasteiger charge is -2.29. The fraction of sp³-hybridized carbons (Fsp3) is 0.933. The summed E-state index contributed by atoms with van der Waals surface area (Å²) < 4.78 is 4.90. The van der Waals surface area contributed by atoms with E-state index in [4.69, 9.17) is 10.5 Å². The van der Waals surface area contributed by atoms with E-state index < -0.39 is 0 Å². The van der Waals surface area contributed by atoms with Gasteiger partial charge in [-0.25, -0.2) is 0 Å². The Kier molecular flexibility index (Phi) is 8.84. The van der Waals surface area contributed by atoms with E-state index in [9.17, 15) is 4.79 Å². The van der Waals surface area contributed by atoms with Crippen LogP contribution < -0.4 is 5.73 Å². The summed E-state index contributed by atoms with van der Waals surface area (Å²) in [5, 5.41) is 0. The zero-order chi connectivity index (χ0) is 13.9. The molecule has 1 rings (SSSR count). The molecule has 0 aromatic carbocycles. The Morgan fingerprint density at radius 1 is 1.16 bits per heavy atom. The molecule has 0 aromatic heterocycles. The molecule has 0 atom stereocenters. The van der Waals surface area contributed by atoms with Crippen molar-refractivity contribution in [2.45, 2.75) is 64.3 Å². The van der Waals surface area contributed by atoms with Gasteiger partial charge >= 0.3 is 5.97 Å². The van der Waals surface area contributed by atoms with Gasteiger partial charge in [0.2, 0.25) is 0 Å². The molecule has 0 aliphatic carbocycles. The normalized spacial score (nSPS) is 17.6. The van der Waals surface area contributed by atoms with Crippen LogP contribution in [0, 0.1) is 0 Å². The van der Waals surface area contributed by atoms with Crippen molar-refractivity contribution < 1.29 is 9.53 Å². The number of rotatable bonds is 9. The first-order valence-corrected chi connectivity index (χ1v) is 7.86. The molecule has 0 aromatic rings. The van der Waals surface area contributed by atoms with Crippen LogP contribution in [0.4, 0.5) is 0 Å². The molecule has 0 radical (unpaired) electrons. The maximum atomic E-state index is 11.1. The van der Waals surface area contributed by atoms with Gasteiger partial charge in [-0.3, -0.25) is 4.79 Å². The van der Waals surface area contributed by atoms with Gasteiger partial charge in [-0.2, -0.15) is 0 Å². The van der Waals surface area contributed by atoms with Crippen LogP contribution >= 0.6 is 0 Å². The Morgan fingerprint density at radius 2 is 1.79 bits per heavy atom. The topological polar surface area (TPSA) is 55.6 Å². The van der Waals surface area contributed by atoms with Crippen LogP contribution in [0.3, 0.4) is 0 Å². The van der Waals surface area contributed by atoms with Crippen LogP contribution in [-0.2, 0) is 9.53 Å². The molecule has 2 N–H and O–H groups in total. The van der Waals surface area contributed by atoms with E-state index in [0.717, 1.165) is 25.7 Å². The predicted molar refractivity (Wildman–Crippen MR) is 78.0 cm³/mol. The first-order valence-electron chi connectivity index (χ1n) is 7.86. The van der Waals surface area contributed by atoms with Gasteiger partial charge in [-0.05, 0) is 52.2 Å². The standard InChI is InChI=1S/C15H30N2O2/c1-2-19-15(18)8-6-4-3-5-7-11-17-12-9-14(16)10-13-17/h14H,2-13,16H2,1H3. The second-order valence-corrected chi connectivity index (χ2v) is 5.50. The molecule has 4 nitrogen and oxygen atoms in total. The highest BCUT2D eigenvalue weighted by molar-refractivity contribution is 5.69. The summed E-state index contributed by atoms with van der Waals surface area (Å²) in [5.74, 6) is -0.0489. The van der Waals surface area contributed by atoms with Gasteiger partial charge < -0.3 is 15.4 Å². The van der Waals surface area contributed by atoms with Crippen molar-refractivity contribution in [3.05, 3.63) is 0 Å². The van der Waals surface area contributed by atoms with E-state index in [1.807, 2.05) is 6.92 Å². The Hall–Kier alpha value is -0.610. The number of esters is 1. The third-order valence-electron chi connectivity index (χ3n) is 3.79. The monoisotopic (exact) mass is 270 g/mol. The number of carbonyl (C=O) groups excluding carboxylic acids is 1. The molecule has 1 aliphatic heterocycles. The first kappa shape index (κ1) is 16.4. The smallest absolute Gasteiger partial charge is 0.305 e. The number of hydrogen-bond donors (Lipinski definition) is 1. The summed E-state index contributed by atoms with van der Waals surface area (Å²) in [6.07, 6.45) is 8.77. The Balaban J connectivity index is 1.85. The summed E-state index contributed by atoms with van der Waals surface area (Å²) in [4.78, 5) is 13.7. The van der Waals surface area contributed by atoms with E-state index >= 15 is 0 Å². The van der Waals surface area contributed by atoms with Gasteiger partial charge in [0.1, 0.15) is 0 Å². The van der Waals surface area contributed by atoms with E-state index in [2.05, 4.69) is 4.90 Å². The van der Waals surface area contributed by atoms with Crippen LogP contribution in [0.2, 0.25) is 0 Å². The highest BCUT2D eigenvalue weighted by atomic mass is 16.5. The maximum Gasteiger partial charge on any atom is 0.305 e. The zero-order valence-electron chi connectivity index (χ0n) is 12.4. The predicted octanol–water partition coefficient (Wildman–Crippen LogP) is 2.31. The lowest BCUT2D eigenvalue weighted by atomic mass is 10.1. The number of nitrogens with two attached hydrogens (primary N) is 1. The average molecular weight is 270 g/mol. The molecule has 1 heterocycles. The molecule has 0 unspecified atom stereocenters. The molecular weight excluding hydrogens is 240 g/mol. The maximum absolute atomic E-state index is 11.1. The van der Waals surface area contributed by atoms with Gasteiger partial charge in [0.15, 0.2) is 0 Å². The molecule has 4 heteroatoms. The van der Waals surface area contributed by atoms with Crippen molar-refractivity contribution in [1.82, 2.24) is 4.90 Å². The van der Waals surface area contributed by atoms with Crippen molar-refractivity contribution in [2.24, 2.45) is 5.73 Å². The van der Waals surface area contributed by atoms with E-state index in [1.54, 1.807) is 0 Å². The number of ether oxygens (including phenoxy) is 1. The molecule has 1 aliphatic rings. The van der Waals surface area contributed by atoms with Crippen LogP contribution in [0.1, 0.15) is 58.3 Å². The molecule has 0 saturated carbocycles. The van der Waals surface area contributed by atoms with Gasteiger partial charge in [-0.1, -0.05) is 19.3 Å². The van der Waals surface area contributed by atoms with Crippen molar-refractivity contribution in [3.63, 3.8) is 0 Å². The van der Waals surface area contributed by atoms with Crippen molar-refractivity contribution in [1.29, 1.82) is 0 Å². The highest BCUT2D eigenvalue weighted by Crippen LogP contribution is 2.11. The number of likely N-dealkylation sites (tertiary alicyclic amines) is 1. The fourth-order valence-electron chi connectivity index (χ4n) is 2.54. The Labute approximate surface area is 117 Å². The first-order chi connectivity index (χ1) is 9.22.